The Hall–Kier alpha value is -2.15. The van der Waals surface area contributed by atoms with E-state index in [0.29, 0.717) is 0 Å². The highest BCUT2D eigenvalue weighted by atomic mass is 16.5. The van der Waals surface area contributed by atoms with Gasteiger partial charge < -0.3 is 4.74 Å². The van der Waals surface area contributed by atoms with Gasteiger partial charge in [0.2, 0.25) is 5.78 Å². The summed E-state index contributed by atoms with van der Waals surface area (Å²) in [4.78, 5) is 20.2. The number of benzene rings is 1. The molecule has 0 unspecified atom stereocenters. The van der Waals surface area contributed by atoms with Gasteiger partial charge in [-0.15, -0.1) is 0 Å². The first-order valence-corrected chi connectivity index (χ1v) is 4.82. The number of nitrogens with zero attached hydrogens (tertiary/aromatic N) is 1. The van der Waals surface area contributed by atoms with Gasteiger partial charge in [-0.1, -0.05) is 12.1 Å². The van der Waals surface area contributed by atoms with E-state index in [1.54, 1.807) is 6.92 Å². The Balaban J connectivity index is 0.000000160. The fourth-order valence-corrected chi connectivity index (χ4v) is 1.11. The van der Waals surface area contributed by atoms with E-state index in [2.05, 4.69) is 10.8 Å². The molecule has 0 atom stereocenters. The molecule has 2 rings (SSSR count). The van der Waals surface area contributed by atoms with E-state index >= 15 is 0 Å². The van der Waals surface area contributed by atoms with Gasteiger partial charge >= 0.3 is 5.97 Å². The number of esters is 1. The molecule has 0 radical (unpaired) electrons. The third-order valence-corrected chi connectivity index (χ3v) is 2.01. The molecule has 0 aromatic rings. The number of hydrogen-bond acceptors (Lipinski definition) is 4. The first-order chi connectivity index (χ1) is 7.60. The van der Waals surface area contributed by atoms with Crippen LogP contribution in [0.25, 0.3) is 0 Å². The molecule has 0 spiro atoms. The standard InChI is InChI=1S/C7H3N.C5H8O3/c8-4-6-3-5-1-2-7(5)6;1-3-8-5(7)4(2)6/h1-3H;3H2,1-2H3. The maximum absolute atomic E-state index is 10.2. The van der Waals surface area contributed by atoms with Crippen molar-refractivity contribution >= 4 is 11.8 Å². The van der Waals surface area contributed by atoms with Gasteiger partial charge in [-0.05, 0) is 23.4 Å². The van der Waals surface area contributed by atoms with E-state index in [1.807, 2.05) is 18.2 Å². The molecule has 82 valence electrons. The summed E-state index contributed by atoms with van der Waals surface area (Å²) >= 11 is 0. The van der Waals surface area contributed by atoms with Gasteiger partial charge in [0.1, 0.15) is 0 Å². The van der Waals surface area contributed by atoms with Crippen molar-refractivity contribution in [1.82, 2.24) is 0 Å². The van der Waals surface area contributed by atoms with Crippen LogP contribution in [0.5, 0.6) is 0 Å². The maximum Gasteiger partial charge on any atom is 0.374 e. The van der Waals surface area contributed by atoms with Crippen LogP contribution in [0.15, 0.2) is 18.2 Å². The average Bonchev–Trinajstić information content (AvgIpc) is 2.23. The number of ether oxygens (including phenoxy) is 1. The zero-order valence-corrected chi connectivity index (χ0v) is 9.11. The minimum absolute atomic E-state index is 0.262. The highest BCUT2D eigenvalue weighted by Crippen LogP contribution is 2.13. The van der Waals surface area contributed by atoms with Gasteiger partial charge in [0.25, 0.3) is 0 Å². The first-order valence-electron chi connectivity index (χ1n) is 4.82. The lowest BCUT2D eigenvalue weighted by atomic mass is 10.0. The molecule has 0 heterocycles. The minimum Gasteiger partial charge on any atom is -0.460 e. The number of nitriles is 1. The van der Waals surface area contributed by atoms with Crippen LogP contribution in [0, 0.1) is 21.8 Å². The van der Waals surface area contributed by atoms with E-state index in [9.17, 15) is 9.59 Å². The second kappa shape index (κ2) is 5.08. The Bertz CT molecular complexity index is 555. The number of ketones is 1. The maximum atomic E-state index is 10.2. The zero-order chi connectivity index (χ0) is 12.1. The Kier molecular flexibility index (Phi) is 3.78. The molecule has 16 heavy (non-hydrogen) atoms. The zero-order valence-electron chi connectivity index (χ0n) is 9.11. The van der Waals surface area contributed by atoms with E-state index in [0.717, 1.165) is 10.8 Å². The average molecular weight is 217 g/mol. The van der Waals surface area contributed by atoms with Gasteiger partial charge in [-0.25, -0.2) is 4.79 Å². The van der Waals surface area contributed by atoms with E-state index in [4.69, 9.17) is 5.26 Å². The molecule has 0 aliphatic heterocycles. The predicted molar refractivity (Wildman–Crippen MR) is 56.1 cm³/mol. The number of rotatable bonds is 2. The summed E-state index contributed by atoms with van der Waals surface area (Å²) in [7, 11) is 0. The van der Waals surface area contributed by atoms with Crippen LogP contribution in [0.4, 0.5) is 0 Å². The van der Waals surface area contributed by atoms with Crippen molar-refractivity contribution in [2.24, 2.45) is 0 Å². The van der Waals surface area contributed by atoms with Crippen LogP contribution in [0.2, 0.25) is 0 Å². The molecule has 2 aliphatic carbocycles. The van der Waals surface area contributed by atoms with Gasteiger partial charge in [0, 0.05) is 6.92 Å². The fourth-order valence-electron chi connectivity index (χ4n) is 1.11. The van der Waals surface area contributed by atoms with Gasteiger partial charge in [-0.3, -0.25) is 4.79 Å². The lowest BCUT2D eigenvalue weighted by Crippen LogP contribution is -2.12. The van der Waals surface area contributed by atoms with Crippen molar-refractivity contribution in [2.45, 2.75) is 13.8 Å². The Morgan fingerprint density at radius 3 is 2.25 bits per heavy atom. The molecule has 4 nitrogen and oxygen atoms in total. The second-order valence-corrected chi connectivity index (χ2v) is 3.15. The molecule has 0 bridgehead atoms. The van der Waals surface area contributed by atoms with Crippen LogP contribution in [0.1, 0.15) is 19.4 Å². The normalized spacial score (nSPS) is 9.31. The van der Waals surface area contributed by atoms with Crippen LogP contribution in [0.3, 0.4) is 0 Å². The van der Waals surface area contributed by atoms with Crippen LogP contribution in [-0.2, 0) is 14.3 Å². The number of carbonyl (C=O) groups is 2. The summed E-state index contributed by atoms with van der Waals surface area (Å²) in [5.74, 6) is -1.31. The van der Waals surface area contributed by atoms with E-state index in [-0.39, 0.29) is 6.61 Å². The smallest absolute Gasteiger partial charge is 0.374 e. The largest absolute Gasteiger partial charge is 0.460 e. The van der Waals surface area contributed by atoms with Gasteiger partial charge in [-0.2, -0.15) is 5.26 Å². The molecule has 0 saturated carbocycles. The third-order valence-electron chi connectivity index (χ3n) is 2.01. The molecule has 0 aromatic carbocycles. The van der Waals surface area contributed by atoms with Crippen molar-refractivity contribution in [3.8, 4) is 6.07 Å². The molecular weight excluding hydrogens is 206 g/mol. The quantitative estimate of drug-likeness (QED) is 0.561. The SMILES string of the molecule is CCOC(=O)C(C)=O.N#Cc1cc2ccc1=2. The summed E-state index contributed by atoms with van der Waals surface area (Å²) in [6.07, 6.45) is 0. The van der Waals surface area contributed by atoms with Gasteiger partial charge in [0.15, 0.2) is 0 Å². The summed E-state index contributed by atoms with van der Waals surface area (Å²) in [5.41, 5.74) is 0.836. The van der Waals surface area contributed by atoms with Crippen molar-refractivity contribution in [3.63, 3.8) is 0 Å². The molecule has 2 aliphatic rings. The van der Waals surface area contributed by atoms with Crippen LogP contribution >= 0.6 is 0 Å². The topological polar surface area (TPSA) is 67.2 Å². The Morgan fingerprint density at radius 1 is 1.44 bits per heavy atom. The molecule has 0 saturated heterocycles. The minimum atomic E-state index is -0.757. The number of Topliss-reactive ketones (excluding diaryl/α,β-unsaturated/α-hetero) is 1. The monoisotopic (exact) mass is 217 g/mol. The first kappa shape index (κ1) is 11.9. The molecule has 0 amide bonds. The number of hydrogen-bond donors (Lipinski definition) is 0. The fraction of sp³-hybridized carbons (Fsp3) is 0.250. The van der Waals surface area contributed by atoms with Crippen molar-refractivity contribution in [3.05, 3.63) is 34.2 Å². The molecule has 0 fully saturated rings. The number of carbonyl (C=O) groups excluding carboxylic acids is 2. The highest BCUT2D eigenvalue weighted by Gasteiger charge is 2.05. The summed E-state index contributed by atoms with van der Waals surface area (Å²) in [5, 5.41) is 10.7. The Morgan fingerprint density at radius 2 is 2.12 bits per heavy atom. The van der Waals surface area contributed by atoms with Crippen LogP contribution < -0.4 is 0 Å². The van der Waals surface area contributed by atoms with Crippen molar-refractivity contribution < 1.29 is 14.3 Å². The van der Waals surface area contributed by atoms with E-state index < -0.39 is 11.8 Å². The van der Waals surface area contributed by atoms with Crippen LogP contribution in [-0.4, -0.2) is 18.4 Å². The molecular formula is C12H11NO3. The van der Waals surface area contributed by atoms with Crippen molar-refractivity contribution in [2.75, 3.05) is 6.61 Å². The second-order valence-electron chi connectivity index (χ2n) is 3.15. The van der Waals surface area contributed by atoms with Gasteiger partial charge in [0.05, 0.1) is 18.2 Å². The molecule has 0 aromatic heterocycles. The Labute approximate surface area is 92.8 Å². The highest BCUT2D eigenvalue weighted by molar-refractivity contribution is 6.32. The molecule has 0 N–H and O–H groups in total. The predicted octanol–water partition coefficient (Wildman–Crippen LogP) is 1.30. The lowest BCUT2D eigenvalue weighted by molar-refractivity contribution is -0.152. The molecule has 4 heteroatoms. The third kappa shape index (κ3) is 2.45. The van der Waals surface area contributed by atoms with E-state index in [1.165, 1.54) is 12.1 Å². The van der Waals surface area contributed by atoms with Crippen molar-refractivity contribution in [1.29, 1.82) is 5.26 Å². The summed E-state index contributed by atoms with van der Waals surface area (Å²) < 4.78 is 4.31. The summed E-state index contributed by atoms with van der Waals surface area (Å²) in [6.45, 7) is 3.09. The lowest BCUT2D eigenvalue weighted by Gasteiger charge is -2.01. The summed E-state index contributed by atoms with van der Waals surface area (Å²) in [6, 6.07) is 7.96.